The normalized spacial score (nSPS) is 12.8. The number of methoxy groups -OCH3 is 1. The van der Waals surface area contributed by atoms with Crippen LogP contribution < -0.4 is 11.3 Å². The maximum Gasteiger partial charge on any atom is 0.124 e. The summed E-state index contributed by atoms with van der Waals surface area (Å²) in [6.07, 6.45) is 1.43. The molecule has 0 spiro atoms. The van der Waals surface area contributed by atoms with Crippen molar-refractivity contribution < 1.29 is 9.13 Å². The van der Waals surface area contributed by atoms with E-state index in [0.29, 0.717) is 18.1 Å². The van der Waals surface area contributed by atoms with Crippen molar-refractivity contribution in [3.8, 4) is 0 Å². The Kier molecular flexibility index (Phi) is 5.69. The van der Waals surface area contributed by atoms with E-state index < -0.39 is 0 Å². The molecular weight excluding hydrogens is 231 g/mol. The maximum atomic E-state index is 12.8. The quantitative estimate of drug-likeness (QED) is 0.595. The van der Waals surface area contributed by atoms with E-state index in [1.165, 1.54) is 12.1 Å². The van der Waals surface area contributed by atoms with Gasteiger partial charge >= 0.3 is 0 Å². The molecule has 1 aromatic rings. The molecule has 0 aromatic heterocycles. The number of hydrogen-bond acceptors (Lipinski definition) is 3. The second-order valence-corrected chi connectivity index (χ2v) is 3.99. The van der Waals surface area contributed by atoms with E-state index >= 15 is 0 Å². The lowest BCUT2D eigenvalue weighted by Gasteiger charge is -2.16. The van der Waals surface area contributed by atoms with Crippen LogP contribution in [0.1, 0.15) is 12.0 Å². The van der Waals surface area contributed by atoms with Gasteiger partial charge in [0.25, 0.3) is 0 Å². The predicted octanol–water partition coefficient (Wildman–Crippen LogP) is 1.89. The molecule has 0 aliphatic heterocycles. The topological polar surface area (TPSA) is 47.3 Å². The Balaban J connectivity index is 2.62. The van der Waals surface area contributed by atoms with Gasteiger partial charge in [0.15, 0.2) is 0 Å². The third-order valence-corrected chi connectivity index (χ3v) is 2.74. The van der Waals surface area contributed by atoms with Gasteiger partial charge in [-0.1, -0.05) is 17.7 Å². The first-order valence-corrected chi connectivity index (χ1v) is 5.44. The van der Waals surface area contributed by atoms with Crippen molar-refractivity contribution in [2.45, 2.75) is 18.9 Å². The van der Waals surface area contributed by atoms with Crippen molar-refractivity contribution in [1.82, 2.24) is 5.43 Å². The summed E-state index contributed by atoms with van der Waals surface area (Å²) in [5.74, 6) is 5.09. The fourth-order valence-electron chi connectivity index (χ4n) is 1.46. The van der Waals surface area contributed by atoms with Crippen LogP contribution >= 0.6 is 11.6 Å². The SMILES string of the molecule is COCCC(Cc1ccc(F)cc1Cl)NN. The molecule has 0 aliphatic carbocycles. The molecule has 3 N–H and O–H groups in total. The first kappa shape index (κ1) is 13.4. The van der Waals surface area contributed by atoms with Crippen LogP contribution in [-0.4, -0.2) is 19.8 Å². The van der Waals surface area contributed by atoms with Gasteiger partial charge in [0.05, 0.1) is 0 Å². The van der Waals surface area contributed by atoms with Crippen LogP contribution in [-0.2, 0) is 11.2 Å². The van der Waals surface area contributed by atoms with Gasteiger partial charge in [0.2, 0.25) is 0 Å². The van der Waals surface area contributed by atoms with Gasteiger partial charge in [-0.25, -0.2) is 4.39 Å². The van der Waals surface area contributed by atoms with E-state index in [1.54, 1.807) is 13.2 Å². The fourth-order valence-corrected chi connectivity index (χ4v) is 1.70. The lowest BCUT2D eigenvalue weighted by Crippen LogP contribution is -2.37. The van der Waals surface area contributed by atoms with Gasteiger partial charge in [0.1, 0.15) is 5.82 Å². The summed E-state index contributed by atoms with van der Waals surface area (Å²) in [5.41, 5.74) is 3.57. The summed E-state index contributed by atoms with van der Waals surface area (Å²) in [6, 6.07) is 4.45. The lowest BCUT2D eigenvalue weighted by molar-refractivity contribution is 0.182. The van der Waals surface area contributed by atoms with E-state index in [4.69, 9.17) is 22.2 Å². The zero-order chi connectivity index (χ0) is 12.0. The molecule has 0 heterocycles. The monoisotopic (exact) mass is 246 g/mol. The molecule has 90 valence electrons. The van der Waals surface area contributed by atoms with Crippen molar-refractivity contribution >= 4 is 11.6 Å². The third kappa shape index (κ3) is 4.06. The highest BCUT2D eigenvalue weighted by atomic mass is 35.5. The lowest BCUT2D eigenvalue weighted by atomic mass is 10.0. The average molecular weight is 247 g/mol. The third-order valence-electron chi connectivity index (χ3n) is 2.39. The number of nitrogens with one attached hydrogen (secondary N) is 1. The number of benzene rings is 1. The average Bonchev–Trinajstić information content (AvgIpc) is 2.27. The molecule has 0 aliphatic rings. The van der Waals surface area contributed by atoms with Gasteiger partial charge in [-0.3, -0.25) is 11.3 Å². The van der Waals surface area contributed by atoms with Crippen LogP contribution in [0.4, 0.5) is 4.39 Å². The first-order valence-electron chi connectivity index (χ1n) is 5.06. The van der Waals surface area contributed by atoms with Crippen molar-refractivity contribution in [2.75, 3.05) is 13.7 Å². The first-order chi connectivity index (χ1) is 7.67. The van der Waals surface area contributed by atoms with Crippen molar-refractivity contribution in [3.63, 3.8) is 0 Å². The molecule has 1 unspecified atom stereocenters. The van der Waals surface area contributed by atoms with E-state index in [9.17, 15) is 4.39 Å². The van der Waals surface area contributed by atoms with Crippen LogP contribution in [0.15, 0.2) is 18.2 Å². The highest BCUT2D eigenvalue weighted by molar-refractivity contribution is 6.31. The summed E-state index contributed by atoms with van der Waals surface area (Å²) >= 11 is 5.92. The largest absolute Gasteiger partial charge is 0.385 e. The minimum atomic E-state index is -0.331. The number of hydrazine groups is 1. The fraction of sp³-hybridized carbons (Fsp3) is 0.455. The van der Waals surface area contributed by atoms with Gasteiger partial charge in [0, 0.05) is 24.8 Å². The van der Waals surface area contributed by atoms with Crippen LogP contribution in [0, 0.1) is 5.82 Å². The standard InChI is InChI=1S/C11H16ClFN2O/c1-16-5-4-10(15-14)6-8-2-3-9(13)7-11(8)12/h2-3,7,10,15H,4-6,14H2,1H3. The van der Waals surface area contributed by atoms with Gasteiger partial charge in [-0.05, 0) is 30.5 Å². The molecule has 3 nitrogen and oxygen atoms in total. The minimum absolute atomic E-state index is 0.0721. The Morgan fingerprint density at radius 2 is 2.31 bits per heavy atom. The van der Waals surface area contributed by atoms with Crippen LogP contribution in [0.3, 0.4) is 0 Å². The molecule has 5 heteroatoms. The van der Waals surface area contributed by atoms with Gasteiger partial charge in [-0.15, -0.1) is 0 Å². The van der Waals surface area contributed by atoms with E-state index in [1.807, 2.05) is 0 Å². The highest BCUT2D eigenvalue weighted by Crippen LogP contribution is 2.19. The Labute approximate surface area is 99.7 Å². The molecule has 0 amide bonds. The van der Waals surface area contributed by atoms with Gasteiger partial charge in [-0.2, -0.15) is 0 Å². The zero-order valence-corrected chi connectivity index (χ0v) is 9.93. The smallest absolute Gasteiger partial charge is 0.124 e. The summed E-state index contributed by atoms with van der Waals surface area (Å²) in [6.45, 7) is 0.619. The Hall–Kier alpha value is -0.680. The summed E-state index contributed by atoms with van der Waals surface area (Å²) in [4.78, 5) is 0. The minimum Gasteiger partial charge on any atom is -0.385 e. The maximum absolute atomic E-state index is 12.8. The highest BCUT2D eigenvalue weighted by Gasteiger charge is 2.10. The molecule has 0 saturated heterocycles. The molecule has 0 radical (unpaired) electrons. The molecule has 1 aromatic carbocycles. The second-order valence-electron chi connectivity index (χ2n) is 3.58. The van der Waals surface area contributed by atoms with Gasteiger partial charge < -0.3 is 4.74 Å². The molecule has 0 bridgehead atoms. The predicted molar refractivity (Wildman–Crippen MR) is 62.7 cm³/mol. The van der Waals surface area contributed by atoms with Crippen LogP contribution in [0.25, 0.3) is 0 Å². The summed E-state index contributed by atoms with van der Waals surface area (Å²) < 4.78 is 17.8. The molecule has 1 rings (SSSR count). The van der Waals surface area contributed by atoms with Crippen LogP contribution in [0.2, 0.25) is 5.02 Å². The molecule has 16 heavy (non-hydrogen) atoms. The van der Waals surface area contributed by atoms with E-state index in [-0.39, 0.29) is 11.9 Å². The number of rotatable bonds is 6. The Morgan fingerprint density at radius 1 is 1.56 bits per heavy atom. The summed E-state index contributed by atoms with van der Waals surface area (Å²) in [7, 11) is 1.64. The van der Waals surface area contributed by atoms with E-state index in [0.717, 1.165) is 12.0 Å². The van der Waals surface area contributed by atoms with E-state index in [2.05, 4.69) is 5.43 Å². The van der Waals surface area contributed by atoms with Crippen LogP contribution in [0.5, 0.6) is 0 Å². The van der Waals surface area contributed by atoms with Crippen molar-refractivity contribution in [1.29, 1.82) is 0 Å². The molecule has 0 saturated carbocycles. The second kappa shape index (κ2) is 6.81. The number of ether oxygens (including phenoxy) is 1. The van der Waals surface area contributed by atoms with Crippen molar-refractivity contribution in [3.05, 3.63) is 34.6 Å². The summed E-state index contributed by atoms with van der Waals surface area (Å²) in [5, 5.41) is 0.428. The van der Waals surface area contributed by atoms with Crippen molar-refractivity contribution in [2.24, 2.45) is 5.84 Å². The molecule has 0 fully saturated rings. The number of nitrogens with two attached hydrogens (primary N) is 1. The Bertz CT molecular complexity index is 336. The molecule has 1 atom stereocenters. The molecular formula is C11H16ClFN2O. The Morgan fingerprint density at radius 3 is 2.88 bits per heavy atom. The number of hydrogen-bond donors (Lipinski definition) is 2. The zero-order valence-electron chi connectivity index (χ0n) is 9.17. The number of halogens is 2.